The molecule has 0 fully saturated rings. The summed E-state index contributed by atoms with van der Waals surface area (Å²) in [6.45, 7) is 4.13. The van der Waals surface area contributed by atoms with Crippen molar-refractivity contribution in [3.63, 3.8) is 0 Å². The van der Waals surface area contributed by atoms with E-state index in [9.17, 15) is 8.42 Å². The van der Waals surface area contributed by atoms with E-state index in [0.29, 0.717) is 17.8 Å². The largest absolute Gasteiger partial charge is 0.263 e. The summed E-state index contributed by atoms with van der Waals surface area (Å²) in [7, 11) is 2.04. The van der Waals surface area contributed by atoms with E-state index in [1.165, 1.54) is 18.2 Å². The molecule has 1 aromatic carbocycles. The Kier molecular flexibility index (Phi) is 5.76. The van der Waals surface area contributed by atoms with Crippen LogP contribution in [0.5, 0.6) is 0 Å². The van der Waals surface area contributed by atoms with Gasteiger partial charge in [-0.25, -0.2) is 23.2 Å². The van der Waals surface area contributed by atoms with Crippen LogP contribution in [0.1, 0.15) is 18.2 Å². The summed E-state index contributed by atoms with van der Waals surface area (Å²) in [6, 6.07) is 9.54. The number of sulfonamides is 1. The van der Waals surface area contributed by atoms with E-state index in [4.69, 9.17) is 17.6 Å². The molecule has 1 N–H and O–H groups in total. The number of hydrogen-bond donors (Lipinski definition) is 1. The molecule has 6 nitrogen and oxygen atoms in total. The molecule has 120 valence electrons. The fourth-order valence-corrected chi connectivity index (χ4v) is 2.83. The minimum atomic E-state index is -3.73. The highest BCUT2D eigenvalue weighted by Gasteiger charge is 2.15. The lowest BCUT2D eigenvalue weighted by molar-refractivity contribution is -0.301. The SMILES string of the molecule is [B]c1cc(COOCC)nc(NS(=O)(=O)c2ccc(C)cc2)c1. The molecular formula is C15H17BN2O4S. The van der Waals surface area contributed by atoms with Crippen molar-refractivity contribution in [1.82, 2.24) is 4.98 Å². The monoisotopic (exact) mass is 332 g/mol. The van der Waals surface area contributed by atoms with Gasteiger partial charge in [0.15, 0.2) is 0 Å². The van der Waals surface area contributed by atoms with E-state index < -0.39 is 10.0 Å². The maximum Gasteiger partial charge on any atom is 0.263 e. The first-order chi connectivity index (χ1) is 10.9. The smallest absolute Gasteiger partial charge is 0.263 e. The Bertz CT molecular complexity index is 764. The van der Waals surface area contributed by atoms with Gasteiger partial charge in [0.2, 0.25) is 0 Å². The lowest BCUT2D eigenvalue weighted by atomic mass is 9.97. The number of aromatic nitrogens is 1. The second-order valence-corrected chi connectivity index (χ2v) is 6.55. The molecule has 0 aliphatic heterocycles. The van der Waals surface area contributed by atoms with Crippen molar-refractivity contribution in [2.45, 2.75) is 25.3 Å². The van der Waals surface area contributed by atoms with Gasteiger partial charge >= 0.3 is 0 Å². The van der Waals surface area contributed by atoms with Gasteiger partial charge in [-0.15, -0.1) is 0 Å². The van der Waals surface area contributed by atoms with Crippen molar-refractivity contribution >= 4 is 29.2 Å². The van der Waals surface area contributed by atoms with Gasteiger partial charge in [-0.2, -0.15) is 0 Å². The zero-order chi connectivity index (χ0) is 16.9. The Labute approximate surface area is 137 Å². The highest BCUT2D eigenvalue weighted by molar-refractivity contribution is 7.92. The van der Waals surface area contributed by atoms with Crippen molar-refractivity contribution < 1.29 is 18.2 Å². The maximum atomic E-state index is 12.3. The molecule has 2 aromatic rings. The summed E-state index contributed by atoms with van der Waals surface area (Å²) in [5, 5.41) is 0. The average Bonchev–Trinajstić information content (AvgIpc) is 2.47. The molecule has 0 saturated carbocycles. The molecule has 23 heavy (non-hydrogen) atoms. The molecule has 0 bridgehead atoms. The molecule has 2 radical (unpaired) electrons. The second kappa shape index (κ2) is 7.58. The molecule has 0 spiro atoms. The standard InChI is InChI=1S/C15H17BN2O4S/c1-3-21-22-10-13-8-12(16)9-15(17-13)18-23(19,20)14-6-4-11(2)5-7-14/h4-9H,3,10H2,1-2H3,(H,17,18). The average molecular weight is 332 g/mol. The minimum Gasteiger partial charge on any atom is -0.263 e. The van der Waals surface area contributed by atoms with Gasteiger partial charge in [-0.05, 0) is 38.1 Å². The van der Waals surface area contributed by atoms with E-state index in [-0.39, 0.29) is 17.3 Å². The predicted octanol–water partition coefficient (Wildman–Crippen LogP) is 1.45. The van der Waals surface area contributed by atoms with Gasteiger partial charge < -0.3 is 0 Å². The summed E-state index contributed by atoms with van der Waals surface area (Å²) in [5.74, 6) is 0.126. The molecule has 2 rings (SSSR count). The third kappa shape index (κ3) is 5.06. The third-order valence-corrected chi connectivity index (χ3v) is 4.25. The van der Waals surface area contributed by atoms with E-state index in [0.717, 1.165) is 5.56 Å². The first kappa shape index (κ1) is 17.5. The van der Waals surface area contributed by atoms with Crippen LogP contribution < -0.4 is 10.2 Å². The highest BCUT2D eigenvalue weighted by atomic mass is 32.2. The van der Waals surface area contributed by atoms with Crippen molar-refractivity contribution in [3.8, 4) is 0 Å². The molecule has 0 amide bonds. The molecule has 0 aliphatic carbocycles. The first-order valence-corrected chi connectivity index (χ1v) is 8.49. The lowest BCUT2D eigenvalue weighted by Gasteiger charge is -2.10. The van der Waals surface area contributed by atoms with Crippen LogP contribution in [0.15, 0.2) is 41.3 Å². The van der Waals surface area contributed by atoms with Gasteiger partial charge in [-0.3, -0.25) is 4.72 Å². The van der Waals surface area contributed by atoms with E-state index >= 15 is 0 Å². The first-order valence-electron chi connectivity index (χ1n) is 7.01. The predicted molar refractivity (Wildman–Crippen MR) is 88.0 cm³/mol. The van der Waals surface area contributed by atoms with Gasteiger partial charge in [-0.1, -0.05) is 23.2 Å². The lowest BCUT2D eigenvalue weighted by Crippen LogP contribution is -2.17. The van der Waals surface area contributed by atoms with Crippen LogP contribution in [0.4, 0.5) is 5.82 Å². The number of aryl methyl sites for hydroxylation is 1. The number of anilines is 1. The Morgan fingerprint density at radius 1 is 1.17 bits per heavy atom. The van der Waals surface area contributed by atoms with Crippen LogP contribution in [-0.2, 0) is 26.4 Å². The van der Waals surface area contributed by atoms with Crippen molar-refractivity contribution in [2.24, 2.45) is 0 Å². The second-order valence-electron chi connectivity index (χ2n) is 4.86. The van der Waals surface area contributed by atoms with E-state index in [2.05, 4.69) is 9.71 Å². The molecule has 0 unspecified atom stereocenters. The number of hydrogen-bond acceptors (Lipinski definition) is 5. The Morgan fingerprint density at radius 2 is 1.87 bits per heavy atom. The molecule has 8 heteroatoms. The summed E-state index contributed by atoms with van der Waals surface area (Å²) in [6.07, 6.45) is 0. The van der Waals surface area contributed by atoms with Crippen molar-refractivity contribution in [3.05, 3.63) is 47.7 Å². The van der Waals surface area contributed by atoms with Crippen molar-refractivity contribution in [2.75, 3.05) is 11.3 Å². The topological polar surface area (TPSA) is 77.5 Å². The van der Waals surface area contributed by atoms with Crippen LogP contribution in [-0.4, -0.2) is 27.9 Å². The van der Waals surface area contributed by atoms with Crippen LogP contribution in [0.3, 0.4) is 0 Å². The molecular weight excluding hydrogens is 315 g/mol. The maximum absolute atomic E-state index is 12.3. The molecule has 0 aliphatic rings. The molecule has 0 saturated heterocycles. The zero-order valence-electron chi connectivity index (χ0n) is 12.9. The number of pyridine rings is 1. The number of rotatable bonds is 7. The van der Waals surface area contributed by atoms with E-state index in [1.54, 1.807) is 25.1 Å². The van der Waals surface area contributed by atoms with Crippen molar-refractivity contribution in [1.29, 1.82) is 0 Å². The number of nitrogens with one attached hydrogen (secondary N) is 1. The molecule has 1 heterocycles. The molecule has 0 atom stereocenters. The van der Waals surface area contributed by atoms with Crippen LogP contribution in [0, 0.1) is 6.92 Å². The Morgan fingerprint density at radius 3 is 2.52 bits per heavy atom. The Hall–Kier alpha value is -1.90. The third-order valence-electron chi connectivity index (χ3n) is 2.88. The number of nitrogens with zero attached hydrogens (tertiary/aromatic N) is 1. The molecule has 1 aromatic heterocycles. The minimum absolute atomic E-state index is 0.0676. The summed E-state index contributed by atoms with van der Waals surface area (Å²) < 4.78 is 27.1. The highest BCUT2D eigenvalue weighted by Crippen LogP contribution is 2.15. The fourth-order valence-electron chi connectivity index (χ4n) is 1.84. The van der Waals surface area contributed by atoms with E-state index in [1.807, 2.05) is 6.92 Å². The normalized spacial score (nSPS) is 11.4. The van der Waals surface area contributed by atoms with Crippen LogP contribution >= 0.6 is 0 Å². The summed E-state index contributed by atoms with van der Waals surface area (Å²) in [4.78, 5) is 14.0. The zero-order valence-corrected chi connectivity index (χ0v) is 13.8. The van der Waals surface area contributed by atoms with Crippen LogP contribution in [0.25, 0.3) is 0 Å². The van der Waals surface area contributed by atoms with Gasteiger partial charge in [0.1, 0.15) is 20.3 Å². The Balaban J connectivity index is 2.19. The van der Waals surface area contributed by atoms with Gasteiger partial charge in [0.05, 0.1) is 17.2 Å². The summed E-state index contributed by atoms with van der Waals surface area (Å²) >= 11 is 0. The van der Waals surface area contributed by atoms with Gasteiger partial charge in [0.25, 0.3) is 10.0 Å². The van der Waals surface area contributed by atoms with Crippen LogP contribution in [0.2, 0.25) is 0 Å². The van der Waals surface area contributed by atoms with Gasteiger partial charge in [0, 0.05) is 0 Å². The number of benzene rings is 1. The summed E-state index contributed by atoms with van der Waals surface area (Å²) in [5.41, 5.74) is 1.80. The fraction of sp³-hybridized carbons (Fsp3) is 0.267. The quantitative estimate of drug-likeness (QED) is 0.359.